The number of hydrogen-bond acceptors (Lipinski definition) is 2. The Kier molecular flexibility index (Phi) is 3.05. The largest absolute Gasteiger partial charge is 0.330 e. The van der Waals surface area contributed by atoms with Crippen molar-refractivity contribution < 1.29 is 4.79 Å². The molecule has 64 valence electrons. The van der Waals surface area contributed by atoms with E-state index in [1.165, 1.54) is 6.92 Å². The van der Waals surface area contributed by atoms with E-state index in [1.807, 2.05) is 30.5 Å². The first-order valence-electron chi connectivity index (χ1n) is 3.68. The van der Waals surface area contributed by atoms with Gasteiger partial charge in [-0.15, -0.1) is 11.3 Å². The van der Waals surface area contributed by atoms with E-state index in [0.29, 0.717) is 0 Å². The second kappa shape index (κ2) is 4.07. The van der Waals surface area contributed by atoms with Gasteiger partial charge in [-0.05, 0) is 24.4 Å². The molecule has 0 atom stereocenters. The minimum Gasteiger partial charge on any atom is -0.330 e. The number of hydrogen-bond donors (Lipinski definition) is 1. The van der Waals surface area contributed by atoms with Crippen LogP contribution in [0.4, 0.5) is 0 Å². The van der Waals surface area contributed by atoms with E-state index in [9.17, 15) is 4.79 Å². The molecule has 1 heterocycles. The van der Waals surface area contributed by atoms with Crippen molar-refractivity contribution in [1.82, 2.24) is 5.32 Å². The summed E-state index contributed by atoms with van der Waals surface area (Å²) in [5, 5.41) is 4.72. The maximum atomic E-state index is 10.6. The fraction of sp³-hybridized carbons (Fsp3) is 0.222. The van der Waals surface area contributed by atoms with E-state index in [4.69, 9.17) is 0 Å². The summed E-state index contributed by atoms with van der Waals surface area (Å²) >= 11 is 1.65. The molecule has 0 saturated carbocycles. The number of thiophene rings is 1. The quantitative estimate of drug-likeness (QED) is 0.745. The van der Waals surface area contributed by atoms with E-state index in [1.54, 1.807) is 11.3 Å². The third-order valence-electron chi connectivity index (χ3n) is 1.28. The molecule has 0 fully saturated rings. The molecule has 1 N–H and O–H groups in total. The lowest BCUT2D eigenvalue weighted by Crippen LogP contribution is -2.16. The summed E-state index contributed by atoms with van der Waals surface area (Å²) in [5.41, 5.74) is 0.880. The molecule has 1 aromatic rings. The predicted octanol–water partition coefficient (Wildman–Crippen LogP) is 2.25. The lowest BCUT2D eigenvalue weighted by atomic mass is 10.3. The highest BCUT2D eigenvalue weighted by Crippen LogP contribution is 2.11. The summed E-state index contributed by atoms with van der Waals surface area (Å²) in [6.07, 6.45) is 1.95. The Bertz CT molecular complexity index is 287. The summed E-state index contributed by atoms with van der Waals surface area (Å²) in [4.78, 5) is 11.8. The maximum absolute atomic E-state index is 10.6. The van der Waals surface area contributed by atoms with E-state index in [0.717, 1.165) is 10.6 Å². The van der Waals surface area contributed by atoms with Crippen molar-refractivity contribution in [1.29, 1.82) is 0 Å². The Balaban J connectivity index is 2.63. The summed E-state index contributed by atoms with van der Waals surface area (Å²) in [5.74, 6) is -0.0275. The Morgan fingerprint density at radius 3 is 2.83 bits per heavy atom. The van der Waals surface area contributed by atoms with Gasteiger partial charge in [-0.2, -0.15) is 0 Å². The summed E-state index contributed by atoms with van der Waals surface area (Å²) in [6, 6.07) is 3.99. The molecular formula is C9H11NOS. The SMILES string of the molecule is CC(=O)N/C(C)=C\c1cccs1. The fourth-order valence-corrected chi connectivity index (χ4v) is 1.62. The van der Waals surface area contributed by atoms with Gasteiger partial charge in [-0.1, -0.05) is 6.07 Å². The van der Waals surface area contributed by atoms with Gasteiger partial charge in [-0.25, -0.2) is 0 Å². The van der Waals surface area contributed by atoms with Crippen molar-refractivity contribution in [2.24, 2.45) is 0 Å². The second-order valence-electron chi connectivity index (χ2n) is 2.52. The van der Waals surface area contributed by atoms with Gasteiger partial charge in [-0.3, -0.25) is 4.79 Å². The number of allylic oxidation sites excluding steroid dienone is 1. The summed E-state index contributed by atoms with van der Waals surface area (Å²) < 4.78 is 0. The highest BCUT2D eigenvalue weighted by molar-refractivity contribution is 7.10. The molecule has 1 aromatic heterocycles. The summed E-state index contributed by atoms with van der Waals surface area (Å²) in [7, 11) is 0. The third kappa shape index (κ3) is 2.88. The van der Waals surface area contributed by atoms with Crippen LogP contribution in [0.25, 0.3) is 6.08 Å². The van der Waals surface area contributed by atoms with Crippen LogP contribution in [0.3, 0.4) is 0 Å². The van der Waals surface area contributed by atoms with Crippen molar-refractivity contribution in [2.75, 3.05) is 0 Å². The average Bonchev–Trinajstić information content (AvgIpc) is 2.37. The monoisotopic (exact) mass is 181 g/mol. The van der Waals surface area contributed by atoms with Gasteiger partial charge in [0.15, 0.2) is 0 Å². The maximum Gasteiger partial charge on any atom is 0.220 e. The molecule has 2 nitrogen and oxygen atoms in total. The normalized spacial score (nSPS) is 11.3. The van der Waals surface area contributed by atoms with Crippen LogP contribution in [-0.2, 0) is 4.79 Å². The lowest BCUT2D eigenvalue weighted by molar-refractivity contribution is -0.118. The standard InChI is InChI=1S/C9H11NOS/c1-7(10-8(2)11)6-9-4-3-5-12-9/h3-6H,1-2H3,(H,10,11)/b7-6-. The van der Waals surface area contributed by atoms with Crippen LogP contribution in [0, 0.1) is 0 Å². The van der Waals surface area contributed by atoms with Gasteiger partial charge < -0.3 is 5.32 Å². The Morgan fingerprint density at radius 1 is 1.58 bits per heavy atom. The van der Waals surface area contributed by atoms with Crippen LogP contribution in [0.15, 0.2) is 23.2 Å². The molecule has 12 heavy (non-hydrogen) atoms. The smallest absolute Gasteiger partial charge is 0.220 e. The van der Waals surface area contributed by atoms with Crippen molar-refractivity contribution in [3.05, 3.63) is 28.1 Å². The Hall–Kier alpha value is -1.09. The molecular weight excluding hydrogens is 170 g/mol. The zero-order chi connectivity index (χ0) is 8.97. The molecule has 1 amide bonds. The summed E-state index contributed by atoms with van der Waals surface area (Å²) in [6.45, 7) is 3.38. The van der Waals surface area contributed by atoms with Crippen LogP contribution in [0.1, 0.15) is 18.7 Å². The average molecular weight is 181 g/mol. The van der Waals surface area contributed by atoms with Gasteiger partial charge in [0.2, 0.25) is 5.91 Å². The Morgan fingerprint density at radius 2 is 2.33 bits per heavy atom. The van der Waals surface area contributed by atoms with Crippen molar-refractivity contribution in [3.8, 4) is 0 Å². The lowest BCUT2D eigenvalue weighted by Gasteiger charge is -1.99. The molecule has 0 aliphatic carbocycles. The van der Waals surface area contributed by atoms with E-state index < -0.39 is 0 Å². The highest BCUT2D eigenvalue weighted by atomic mass is 32.1. The first-order valence-corrected chi connectivity index (χ1v) is 4.56. The Labute approximate surface area is 75.9 Å². The van der Waals surface area contributed by atoms with Crippen LogP contribution in [-0.4, -0.2) is 5.91 Å². The topological polar surface area (TPSA) is 29.1 Å². The molecule has 0 aliphatic heterocycles. The molecule has 0 unspecified atom stereocenters. The van der Waals surface area contributed by atoms with Gasteiger partial charge in [0.1, 0.15) is 0 Å². The molecule has 0 aromatic carbocycles. The van der Waals surface area contributed by atoms with E-state index in [2.05, 4.69) is 5.32 Å². The highest BCUT2D eigenvalue weighted by Gasteiger charge is 1.93. The molecule has 0 spiro atoms. The molecule has 0 saturated heterocycles. The van der Waals surface area contributed by atoms with E-state index >= 15 is 0 Å². The number of carbonyl (C=O) groups is 1. The number of carbonyl (C=O) groups excluding carboxylic acids is 1. The zero-order valence-electron chi connectivity index (χ0n) is 7.13. The van der Waals surface area contributed by atoms with Crippen molar-refractivity contribution in [2.45, 2.75) is 13.8 Å². The second-order valence-corrected chi connectivity index (χ2v) is 3.50. The molecule has 0 radical (unpaired) electrons. The molecule has 0 aliphatic rings. The van der Waals surface area contributed by atoms with Crippen LogP contribution < -0.4 is 5.32 Å². The number of amides is 1. The van der Waals surface area contributed by atoms with Crippen LogP contribution >= 0.6 is 11.3 Å². The fourth-order valence-electron chi connectivity index (χ4n) is 0.901. The minimum absolute atomic E-state index is 0.0275. The van der Waals surface area contributed by atoms with Crippen LogP contribution in [0.2, 0.25) is 0 Å². The van der Waals surface area contributed by atoms with Gasteiger partial charge in [0.25, 0.3) is 0 Å². The third-order valence-corrected chi connectivity index (χ3v) is 2.09. The number of rotatable bonds is 2. The molecule has 3 heteroatoms. The van der Waals surface area contributed by atoms with Gasteiger partial charge in [0, 0.05) is 17.5 Å². The van der Waals surface area contributed by atoms with Crippen molar-refractivity contribution in [3.63, 3.8) is 0 Å². The molecule has 0 bridgehead atoms. The number of nitrogens with one attached hydrogen (secondary N) is 1. The van der Waals surface area contributed by atoms with Crippen molar-refractivity contribution >= 4 is 23.3 Å². The molecule has 1 rings (SSSR count). The first-order chi connectivity index (χ1) is 5.68. The van der Waals surface area contributed by atoms with Crippen LogP contribution in [0.5, 0.6) is 0 Å². The van der Waals surface area contributed by atoms with Gasteiger partial charge in [0.05, 0.1) is 0 Å². The predicted molar refractivity (Wildman–Crippen MR) is 51.8 cm³/mol. The minimum atomic E-state index is -0.0275. The zero-order valence-corrected chi connectivity index (χ0v) is 7.94. The van der Waals surface area contributed by atoms with Gasteiger partial charge >= 0.3 is 0 Å². The first kappa shape index (κ1) is 9.00. The van der Waals surface area contributed by atoms with E-state index in [-0.39, 0.29) is 5.91 Å².